The van der Waals surface area contributed by atoms with E-state index >= 15 is 0 Å². The third-order valence-electron chi connectivity index (χ3n) is 6.01. The van der Waals surface area contributed by atoms with Gasteiger partial charge < -0.3 is 20.1 Å². The second-order valence-corrected chi connectivity index (χ2v) is 10.4. The molecule has 0 atom stereocenters. The van der Waals surface area contributed by atoms with Crippen LogP contribution in [0.2, 0.25) is 0 Å². The molecule has 0 saturated carbocycles. The molecule has 2 heterocycles. The summed E-state index contributed by atoms with van der Waals surface area (Å²) in [5, 5.41) is 16.8. The highest BCUT2D eigenvalue weighted by molar-refractivity contribution is 7.19. The number of carbonyl (C=O) groups is 2. The molecular weight excluding hydrogens is 575 g/mol. The zero-order valence-corrected chi connectivity index (χ0v) is 24.1. The number of aromatic nitrogens is 4. The molecule has 0 aliphatic carbocycles. The van der Waals surface area contributed by atoms with E-state index in [2.05, 4.69) is 36.0 Å². The SMILES string of the molecule is COC(=O)Nc1ncc(-c2cn(-c3cc(C(=O)Nc4cc(C(F)(F)F)cc(CNC(C)C)c4OC)ccc3C)nn2)s1. The summed E-state index contributed by atoms with van der Waals surface area (Å²) < 4.78 is 52.6. The second kappa shape index (κ2) is 12.6. The van der Waals surface area contributed by atoms with E-state index in [1.165, 1.54) is 25.1 Å². The molecule has 0 aliphatic heterocycles. The largest absolute Gasteiger partial charge is 0.494 e. The number of rotatable bonds is 9. The highest BCUT2D eigenvalue weighted by Gasteiger charge is 2.33. The van der Waals surface area contributed by atoms with Crippen molar-refractivity contribution in [2.75, 3.05) is 24.9 Å². The molecule has 11 nitrogen and oxygen atoms in total. The van der Waals surface area contributed by atoms with E-state index in [9.17, 15) is 22.8 Å². The molecular formula is C27H28F3N7O4S. The van der Waals surface area contributed by atoms with E-state index in [4.69, 9.17) is 4.74 Å². The van der Waals surface area contributed by atoms with E-state index in [1.54, 1.807) is 24.4 Å². The van der Waals surface area contributed by atoms with Gasteiger partial charge in [0.1, 0.15) is 11.4 Å². The molecule has 4 aromatic rings. The minimum Gasteiger partial charge on any atom is -0.494 e. The smallest absolute Gasteiger partial charge is 0.416 e. The number of anilines is 2. The molecule has 4 rings (SSSR count). The van der Waals surface area contributed by atoms with E-state index < -0.39 is 23.7 Å². The maximum absolute atomic E-state index is 13.7. The average Bonchev–Trinajstić information content (AvgIpc) is 3.61. The average molecular weight is 604 g/mol. The monoisotopic (exact) mass is 603 g/mol. The number of nitrogens with one attached hydrogen (secondary N) is 3. The summed E-state index contributed by atoms with van der Waals surface area (Å²) in [6.07, 6.45) is -2.14. The van der Waals surface area contributed by atoms with Crippen molar-refractivity contribution in [1.82, 2.24) is 25.3 Å². The van der Waals surface area contributed by atoms with Crippen LogP contribution in [0.25, 0.3) is 16.3 Å². The van der Waals surface area contributed by atoms with Gasteiger partial charge in [0, 0.05) is 29.9 Å². The molecule has 2 amide bonds. The maximum atomic E-state index is 13.7. The van der Waals surface area contributed by atoms with Gasteiger partial charge in [-0.25, -0.2) is 14.5 Å². The minimum atomic E-state index is -4.63. The van der Waals surface area contributed by atoms with Gasteiger partial charge in [-0.3, -0.25) is 10.1 Å². The number of carbonyl (C=O) groups excluding carboxylic acids is 2. The first kappa shape index (κ1) is 30.5. The van der Waals surface area contributed by atoms with Crippen LogP contribution in [-0.4, -0.2) is 52.2 Å². The molecule has 2 aromatic carbocycles. The Kier molecular flexibility index (Phi) is 9.11. The van der Waals surface area contributed by atoms with Gasteiger partial charge in [-0.1, -0.05) is 36.5 Å². The van der Waals surface area contributed by atoms with E-state index in [0.29, 0.717) is 21.4 Å². The van der Waals surface area contributed by atoms with Gasteiger partial charge in [0.25, 0.3) is 5.91 Å². The quantitative estimate of drug-likeness (QED) is 0.224. The van der Waals surface area contributed by atoms with Crippen LogP contribution in [0.5, 0.6) is 5.75 Å². The number of methoxy groups -OCH3 is 2. The van der Waals surface area contributed by atoms with Gasteiger partial charge in [-0.15, -0.1) is 5.10 Å². The lowest BCUT2D eigenvalue weighted by Crippen LogP contribution is -2.23. The van der Waals surface area contributed by atoms with Crippen molar-refractivity contribution >= 4 is 34.2 Å². The first-order chi connectivity index (χ1) is 19.9. The fourth-order valence-corrected chi connectivity index (χ4v) is 4.66. The summed E-state index contributed by atoms with van der Waals surface area (Å²) in [6.45, 7) is 5.66. The van der Waals surface area contributed by atoms with Crippen molar-refractivity contribution in [3.05, 3.63) is 65.0 Å². The van der Waals surface area contributed by atoms with Crippen molar-refractivity contribution in [1.29, 1.82) is 0 Å². The van der Waals surface area contributed by atoms with Crippen molar-refractivity contribution < 1.29 is 32.2 Å². The van der Waals surface area contributed by atoms with E-state index in [1.807, 2.05) is 20.8 Å². The number of alkyl halides is 3. The molecule has 3 N–H and O–H groups in total. The molecule has 0 saturated heterocycles. The summed E-state index contributed by atoms with van der Waals surface area (Å²) in [5.41, 5.74) is 1.17. The van der Waals surface area contributed by atoms with Crippen molar-refractivity contribution in [3.8, 4) is 22.0 Å². The minimum absolute atomic E-state index is 0.0141. The summed E-state index contributed by atoms with van der Waals surface area (Å²) in [6, 6.07) is 6.68. The topological polar surface area (TPSA) is 132 Å². The first-order valence-electron chi connectivity index (χ1n) is 12.6. The molecule has 0 aliphatic rings. The lowest BCUT2D eigenvalue weighted by molar-refractivity contribution is -0.137. The van der Waals surface area contributed by atoms with Gasteiger partial charge in [-0.2, -0.15) is 13.2 Å². The zero-order valence-electron chi connectivity index (χ0n) is 23.3. The molecule has 42 heavy (non-hydrogen) atoms. The van der Waals surface area contributed by atoms with Gasteiger partial charge in [0.15, 0.2) is 5.13 Å². The van der Waals surface area contributed by atoms with Crippen LogP contribution >= 0.6 is 11.3 Å². The van der Waals surface area contributed by atoms with Crippen LogP contribution in [-0.2, 0) is 17.5 Å². The molecule has 0 bridgehead atoms. The molecule has 0 radical (unpaired) electrons. The Bertz CT molecular complexity index is 1600. The standard InChI is InChI=1S/C27H28F3N7O4S/c1-14(2)31-11-17-8-18(27(28,29)30)10-19(23(17)40-4)33-24(38)16-7-6-15(3)21(9-16)37-13-20(35-36-37)22-12-32-25(42-22)34-26(39)41-5/h6-10,12-14,31H,11H2,1-5H3,(H,33,38)(H,32,34,39). The van der Waals surface area contributed by atoms with Gasteiger partial charge in [0.2, 0.25) is 0 Å². The summed E-state index contributed by atoms with van der Waals surface area (Å²) in [7, 11) is 2.58. The number of halogens is 3. The van der Waals surface area contributed by atoms with Gasteiger partial charge >= 0.3 is 12.3 Å². The lowest BCUT2D eigenvalue weighted by Gasteiger charge is -2.19. The number of hydrogen-bond donors (Lipinski definition) is 3. The number of hydrogen-bond acceptors (Lipinski definition) is 9. The van der Waals surface area contributed by atoms with Crippen molar-refractivity contribution in [2.24, 2.45) is 0 Å². The number of amides is 2. The normalized spacial score (nSPS) is 11.5. The molecule has 0 unspecified atom stereocenters. The Morgan fingerprint density at radius 2 is 1.88 bits per heavy atom. The van der Waals surface area contributed by atoms with Gasteiger partial charge in [-0.05, 0) is 36.8 Å². The van der Waals surface area contributed by atoms with Crippen LogP contribution in [0.3, 0.4) is 0 Å². The van der Waals surface area contributed by atoms with Crippen LogP contribution < -0.4 is 20.7 Å². The number of ether oxygens (including phenoxy) is 2. The molecule has 0 spiro atoms. The number of thiazole rings is 1. The third kappa shape index (κ3) is 7.03. The predicted molar refractivity (Wildman–Crippen MR) is 151 cm³/mol. The summed E-state index contributed by atoms with van der Waals surface area (Å²) >= 11 is 1.16. The van der Waals surface area contributed by atoms with Crippen LogP contribution in [0.1, 0.15) is 40.9 Å². The summed E-state index contributed by atoms with van der Waals surface area (Å²) in [5.74, 6) is -0.513. The third-order valence-corrected chi connectivity index (χ3v) is 6.95. The predicted octanol–water partition coefficient (Wildman–Crippen LogP) is 5.66. The van der Waals surface area contributed by atoms with Crippen molar-refractivity contribution in [2.45, 2.75) is 39.5 Å². The number of benzene rings is 2. The van der Waals surface area contributed by atoms with Crippen LogP contribution in [0.4, 0.5) is 28.8 Å². The highest BCUT2D eigenvalue weighted by atomic mass is 32.1. The number of nitrogens with zero attached hydrogens (tertiary/aromatic N) is 4. The van der Waals surface area contributed by atoms with E-state index in [-0.39, 0.29) is 35.2 Å². The fraction of sp³-hybridized carbons (Fsp3) is 0.296. The molecule has 0 fully saturated rings. The summed E-state index contributed by atoms with van der Waals surface area (Å²) in [4.78, 5) is 29.5. The number of aryl methyl sites for hydroxylation is 1. The van der Waals surface area contributed by atoms with Crippen molar-refractivity contribution in [3.63, 3.8) is 0 Å². The first-order valence-corrected chi connectivity index (χ1v) is 13.4. The Labute approximate surface area is 243 Å². The molecule has 222 valence electrons. The lowest BCUT2D eigenvalue weighted by atomic mass is 10.1. The maximum Gasteiger partial charge on any atom is 0.416 e. The fourth-order valence-electron chi connectivity index (χ4n) is 3.91. The van der Waals surface area contributed by atoms with Crippen LogP contribution in [0, 0.1) is 6.92 Å². The molecule has 2 aromatic heterocycles. The van der Waals surface area contributed by atoms with Gasteiger partial charge in [0.05, 0.1) is 42.2 Å². The Hall–Kier alpha value is -4.50. The Morgan fingerprint density at radius 1 is 1.12 bits per heavy atom. The molecule has 15 heteroatoms. The second-order valence-electron chi connectivity index (χ2n) is 9.40. The Morgan fingerprint density at radius 3 is 2.55 bits per heavy atom. The highest BCUT2D eigenvalue weighted by Crippen LogP contribution is 2.38. The Balaban J connectivity index is 1.62. The van der Waals surface area contributed by atoms with E-state index in [0.717, 1.165) is 29.0 Å². The zero-order chi connectivity index (χ0) is 30.6. The van der Waals surface area contributed by atoms with Crippen LogP contribution in [0.15, 0.2) is 42.7 Å².